The van der Waals surface area contributed by atoms with Gasteiger partial charge in [-0.25, -0.2) is 13.1 Å². The number of ether oxygens (including phenoxy) is 2. The van der Waals surface area contributed by atoms with Crippen molar-refractivity contribution in [3.05, 3.63) is 111 Å². The van der Waals surface area contributed by atoms with Gasteiger partial charge in [-0.1, -0.05) is 43.2 Å². The number of nitro groups is 1. The summed E-state index contributed by atoms with van der Waals surface area (Å²) < 4.78 is 41.1. The predicted molar refractivity (Wildman–Crippen MR) is 238 cm³/mol. The first-order valence-electron chi connectivity index (χ1n) is 20.9. The van der Waals surface area contributed by atoms with Crippen molar-refractivity contribution in [2.75, 3.05) is 80.8 Å². The minimum atomic E-state index is -4.53. The number of nitrogens with zero attached hydrogens (tertiary/aromatic N) is 5. The van der Waals surface area contributed by atoms with Crippen LogP contribution in [0.25, 0.3) is 5.57 Å². The quantitative estimate of drug-likeness (QED) is 0.105. The van der Waals surface area contributed by atoms with Crippen molar-refractivity contribution in [1.82, 2.24) is 14.6 Å². The first-order chi connectivity index (χ1) is 29.3. The zero-order valence-corrected chi connectivity index (χ0v) is 36.1. The molecule has 1 aromatic heterocycles. The molecule has 0 unspecified atom stereocenters. The molecule has 3 aliphatic heterocycles. The van der Waals surface area contributed by atoms with Gasteiger partial charge < -0.3 is 24.6 Å². The summed E-state index contributed by atoms with van der Waals surface area (Å²) >= 11 is 6.25. The third kappa shape index (κ3) is 9.80. The average Bonchev–Trinajstić information content (AvgIpc) is 3.26. The molecule has 4 aromatic rings. The molecule has 2 fully saturated rings. The molecule has 0 saturated carbocycles. The van der Waals surface area contributed by atoms with Gasteiger partial charge in [-0.2, -0.15) is 0 Å². The van der Waals surface area contributed by atoms with Gasteiger partial charge >= 0.3 is 0 Å². The van der Waals surface area contributed by atoms with E-state index < -0.39 is 31.4 Å². The zero-order valence-electron chi connectivity index (χ0n) is 34.6. The minimum absolute atomic E-state index is 0.119. The van der Waals surface area contributed by atoms with Gasteiger partial charge in [0.1, 0.15) is 23.7 Å². The van der Waals surface area contributed by atoms with Crippen LogP contribution < -0.4 is 24.6 Å². The second-order valence-electron chi connectivity index (χ2n) is 17.0. The second-order valence-corrected chi connectivity index (χ2v) is 19.2. The summed E-state index contributed by atoms with van der Waals surface area (Å²) in [6.45, 7) is 11.3. The molecule has 4 heterocycles. The van der Waals surface area contributed by atoms with E-state index in [2.05, 4.69) is 50.8 Å². The van der Waals surface area contributed by atoms with E-state index in [1.54, 1.807) is 24.5 Å². The number of fused-ring (bicyclic) bond motifs is 1. The summed E-state index contributed by atoms with van der Waals surface area (Å²) in [6, 6.07) is 19.0. The lowest BCUT2D eigenvalue weighted by Gasteiger charge is -2.40. The normalized spacial score (nSPS) is 18.6. The molecule has 61 heavy (non-hydrogen) atoms. The Balaban J connectivity index is 1.02. The van der Waals surface area contributed by atoms with Crippen LogP contribution in [0.5, 0.6) is 5.75 Å². The van der Waals surface area contributed by atoms with Crippen molar-refractivity contribution < 1.29 is 27.6 Å². The smallest absolute Gasteiger partial charge is 0.293 e. The molecule has 1 amide bonds. The number of halogens is 1. The van der Waals surface area contributed by atoms with E-state index in [0.29, 0.717) is 50.0 Å². The first kappa shape index (κ1) is 42.5. The molecule has 322 valence electrons. The third-order valence-electron chi connectivity index (χ3n) is 12.3. The van der Waals surface area contributed by atoms with Gasteiger partial charge in [-0.05, 0) is 97.0 Å². The Bertz CT molecular complexity index is 2410. The minimum Gasteiger partial charge on any atom is -0.489 e. The van der Waals surface area contributed by atoms with Crippen molar-refractivity contribution in [3.8, 4) is 5.75 Å². The maximum atomic E-state index is 14.1. The Morgan fingerprint density at radius 3 is 2.49 bits per heavy atom. The second kappa shape index (κ2) is 18.0. The van der Waals surface area contributed by atoms with Crippen LogP contribution in [0.15, 0.2) is 89.6 Å². The van der Waals surface area contributed by atoms with Crippen LogP contribution in [0, 0.1) is 21.4 Å². The highest BCUT2D eigenvalue weighted by Crippen LogP contribution is 2.44. The number of hydrogen-bond acceptors (Lipinski definition) is 12. The van der Waals surface area contributed by atoms with E-state index in [1.807, 2.05) is 29.2 Å². The number of nitrogens with one attached hydrogen (secondary N) is 2. The predicted octanol–water partition coefficient (Wildman–Crippen LogP) is 7.92. The van der Waals surface area contributed by atoms with Gasteiger partial charge in [0.05, 0.1) is 33.8 Å². The third-order valence-corrected chi connectivity index (χ3v) is 13.9. The largest absolute Gasteiger partial charge is 0.489 e. The highest BCUT2D eigenvalue weighted by Gasteiger charge is 2.32. The highest BCUT2D eigenvalue weighted by atomic mass is 35.5. The Kier molecular flexibility index (Phi) is 12.5. The average molecular weight is 870 g/mol. The van der Waals surface area contributed by atoms with Crippen molar-refractivity contribution >= 4 is 61.5 Å². The number of anilines is 4. The lowest BCUT2D eigenvalue weighted by Crippen LogP contribution is -2.47. The van der Waals surface area contributed by atoms with Gasteiger partial charge in [0.2, 0.25) is 0 Å². The number of rotatable bonds is 12. The van der Waals surface area contributed by atoms with Crippen molar-refractivity contribution in [2.45, 2.75) is 50.8 Å². The van der Waals surface area contributed by atoms with Crippen LogP contribution >= 0.6 is 11.6 Å². The standard InChI is InChI=1S/C45H52ClN7O7S/c1-45(2)15-11-33(38(27-45)32-3-5-34(46)6-4-32)30-50-17-19-51(20-18-50)35-7-9-37(40(25-35)52-21-24-60-43-12-16-47-29-42(43)52)44(54)49-61(57,58)36-8-10-39(41(26-36)53(55)56)48-28-31-13-22-59-23-14-31/h3-10,12,16,25-26,29,31,48H,11,13-15,17-24,27-28,30H2,1-2H3,(H,49,54). The summed E-state index contributed by atoms with van der Waals surface area (Å²) in [4.78, 5) is 36.3. The molecular weight excluding hydrogens is 818 g/mol. The number of carbonyl (C=O) groups is 1. The van der Waals surface area contributed by atoms with E-state index >= 15 is 0 Å². The highest BCUT2D eigenvalue weighted by molar-refractivity contribution is 7.90. The molecule has 0 bridgehead atoms. The molecular formula is C45H52ClN7O7S. The number of amides is 1. The Morgan fingerprint density at radius 2 is 1.74 bits per heavy atom. The molecule has 0 spiro atoms. The summed E-state index contributed by atoms with van der Waals surface area (Å²) in [5.74, 6) is 0.00553. The van der Waals surface area contributed by atoms with Crippen LogP contribution in [-0.4, -0.2) is 94.8 Å². The maximum absolute atomic E-state index is 14.1. The number of carbonyl (C=O) groups excluding carboxylic acids is 1. The zero-order chi connectivity index (χ0) is 42.7. The molecule has 14 nitrogen and oxygen atoms in total. The molecule has 2 N–H and O–H groups in total. The van der Waals surface area contributed by atoms with E-state index in [-0.39, 0.29) is 22.6 Å². The number of aromatic nitrogens is 1. The number of allylic oxidation sites excluding steroid dienone is 1. The number of pyridine rings is 1. The van der Waals surface area contributed by atoms with Gasteiger partial charge in [0.25, 0.3) is 21.6 Å². The molecule has 0 radical (unpaired) electrons. The molecule has 0 atom stereocenters. The number of benzene rings is 3. The number of piperazine rings is 1. The lowest BCUT2D eigenvalue weighted by atomic mass is 9.72. The summed E-state index contributed by atoms with van der Waals surface area (Å²) in [5.41, 5.74) is 6.33. The molecule has 8 rings (SSSR count). The van der Waals surface area contributed by atoms with Crippen molar-refractivity contribution in [3.63, 3.8) is 0 Å². The molecule has 16 heteroatoms. The fourth-order valence-corrected chi connectivity index (χ4v) is 9.88. The van der Waals surface area contributed by atoms with Crippen molar-refractivity contribution in [1.29, 1.82) is 0 Å². The maximum Gasteiger partial charge on any atom is 0.293 e. The van der Waals surface area contributed by atoms with Gasteiger partial charge in [0, 0.05) is 81.5 Å². The molecule has 1 aliphatic carbocycles. The lowest BCUT2D eigenvalue weighted by molar-refractivity contribution is -0.384. The number of sulfonamides is 1. The summed E-state index contributed by atoms with van der Waals surface area (Å²) in [7, 11) is -4.53. The van der Waals surface area contributed by atoms with E-state index in [0.717, 1.165) is 81.6 Å². The van der Waals surface area contributed by atoms with Crippen LogP contribution in [0.1, 0.15) is 61.9 Å². The SMILES string of the molecule is CC1(C)CCC(CN2CCN(c3ccc(C(=O)NS(=O)(=O)c4ccc(NCC5CCOCC5)c([N+](=O)[O-])c4)c(N4CCOc5ccncc54)c3)CC2)=C(c2ccc(Cl)cc2)C1. The molecule has 4 aliphatic rings. The monoisotopic (exact) mass is 869 g/mol. The van der Waals surface area contributed by atoms with Crippen LogP contribution in [0.3, 0.4) is 0 Å². The summed E-state index contributed by atoms with van der Waals surface area (Å²) in [6.07, 6.45) is 8.17. The van der Waals surface area contributed by atoms with Gasteiger partial charge in [-0.15, -0.1) is 0 Å². The Labute approximate surface area is 362 Å². The van der Waals surface area contributed by atoms with E-state index in [1.165, 1.54) is 28.8 Å². The van der Waals surface area contributed by atoms with Gasteiger partial charge in [0.15, 0.2) is 0 Å². The molecule has 2 saturated heterocycles. The number of nitro benzene ring substituents is 1. The Hall–Kier alpha value is -5.22. The molecule has 3 aromatic carbocycles. The summed E-state index contributed by atoms with van der Waals surface area (Å²) in [5, 5.41) is 16.0. The Morgan fingerprint density at radius 1 is 0.967 bits per heavy atom. The van der Waals surface area contributed by atoms with Crippen LogP contribution in [0.2, 0.25) is 5.02 Å². The van der Waals surface area contributed by atoms with Crippen LogP contribution in [0.4, 0.5) is 28.4 Å². The fourth-order valence-electron chi connectivity index (χ4n) is 8.77. The van der Waals surface area contributed by atoms with Crippen LogP contribution in [-0.2, 0) is 14.8 Å². The van der Waals surface area contributed by atoms with Crippen molar-refractivity contribution in [2.24, 2.45) is 11.3 Å². The van der Waals surface area contributed by atoms with E-state index in [4.69, 9.17) is 21.1 Å². The van der Waals surface area contributed by atoms with E-state index in [9.17, 15) is 23.3 Å². The fraction of sp³-hybridized carbons (Fsp3) is 0.422. The topological polar surface area (TPSA) is 159 Å². The van der Waals surface area contributed by atoms with Gasteiger partial charge in [-0.3, -0.25) is 24.8 Å². The first-order valence-corrected chi connectivity index (χ1v) is 22.8. The number of hydrogen-bond donors (Lipinski definition) is 2.